The molecule has 0 aromatic rings. The van der Waals surface area contributed by atoms with Crippen LogP contribution in [0.25, 0.3) is 0 Å². The van der Waals surface area contributed by atoms with Crippen LogP contribution in [0.1, 0.15) is 26.7 Å². The van der Waals surface area contributed by atoms with Crippen molar-refractivity contribution in [3.63, 3.8) is 0 Å². The van der Waals surface area contributed by atoms with Gasteiger partial charge >= 0.3 is 0 Å². The third kappa shape index (κ3) is 2.13. The van der Waals surface area contributed by atoms with Crippen molar-refractivity contribution in [2.45, 2.75) is 26.7 Å². The summed E-state index contributed by atoms with van der Waals surface area (Å²) in [5.41, 5.74) is 0. The summed E-state index contributed by atoms with van der Waals surface area (Å²) in [7, 11) is 0. The lowest BCUT2D eigenvalue weighted by Crippen LogP contribution is -2.06. The van der Waals surface area contributed by atoms with Crippen LogP contribution >= 0.6 is 15.9 Å². The Morgan fingerprint density at radius 1 is 1.56 bits per heavy atom. The Bertz CT molecular complexity index is 127. The normalized spacial score (nSPS) is 36.1. The summed E-state index contributed by atoms with van der Waals surface area (Å²) in [4.78, 5) is 0. The molecule has 1 rings (SSSR count). The standard InChI is InChI=1S/C8H13Br/c1-6-3-7(2)5-8(9)4-6/h4,6-7H,3,5H2,1-2H3. The van der Waals surface area contributed by atoms with Crippen LogP contribution in [0.15, 0.2) is 10.6 Å². The topological polar surface area (TPSA) is 0 Å². The highest BCUT2D eigenvalue weighted by Gasteiger charge is 2.13. The van der Waals surface area contributed by atoms with Gasteiger partial charge in [0.1, 0.15) is 0 Å². The lowest BCUT2D eigenvalue weighted by atomic mass is 9.89. The van der Waals surface area contributed by atoms with E-state index in [0.717, 1.165) is 11.8 Å². The van der Waals surface area contributed by atoms with Gasteiger partial charge in [0.05, 0.1) is 0 Å². The first-order valence-electron chi connectivity index (χ1n) is 3.54. The molecule has 2 atom stereocenters. The maximum atomic E-state index is 3.53. The molecular formula is C8H13Br. The van der Waals surface area contributed by atoms with Crippen molar-refractivity contribution in [3.8, 4) is 0 Å². The molecule has 2 unspecified atom stereocenters. The predicted molar refractivity (Wildman–Crippen MR) is 44.6 cm³/mol. The zero-order valence-corrected chi connectivity index (χ0v) is 7.61. The van der Waals surface area contributed by atoms with Gasteiger partial charge in [-0.25, -0.2) is 0 Å². The Morgan fingerprint density at radius 3 is 2.67 bits per heavy atom. The van der Waals surface area contributed by atoms with Crippen LogP contribution in [0.3, 0.4) is 0 Å². The van der Waals surface area contributed by atoms with E-state index in [9.17, 15) is 0 Å². The molecule has 0 aromatic carbocycles. The molecule has 0 spiro atoms. The van der Waals surface area contributed by atoms with Crippen LogP contribution in [0.4, 0.5) is 0 Å². The van der Waals surface area contributed by atoms with Gasteiger partial charge < -0.3 is 0 Å². The molecule has 0 bridgehead atoms. The molecule has 0 aliphatic heterocycles. The second-order valence-electron chi connectivity index (χ2n) is 3.14. The Balaban J connectivity index is 2.56. The van der Waals surface area contributed by atoms with E-state index in [1.54, 1.807) is 0 Å². The molecule has 1 aliphatic carbocycles. The summed E-state index contributed by atoms with van der Waals surface area (Å²) in [6.07, 6.45) is 4.92. The molecule has 0 radical (unpaired) electrons. The minimum atomic E-state index is 0.781. The molecule has 0 aromatic heterocycles. The molecule has 1 heteroatoms. The molecular weight excluding hydrogens is 176 g/mol. The number of hydrogen-bond acceptors (Lipinski definition) is 0. The average Bonchev–Trinajstić information content (AvgIpc) is 1.59. The minimum Gasteiger partial charge on any atom is -0.0715 e. The molecule has 0 saturated heterocycles. The molecule has 0 amide bonds. The van der Waals surface area contributed by atoms with E-state index in [0.29, 0.717) is 0 Å². The Hall–Kier alpha value is 0.220. The molecule has 0 saturated carbocycles. The average molecular weight is 189 g/mol. The van der Waals surface area contributed by atoms with Crippen molar-refractivity contribution in [3.05, 3.63) is 10.6 Å². The second-order valence-corrected chi connectivity index (χ2v) is 4.15. The van der Waals surface area contributed by atoms with Crippen LogP contribution in [-0.2, 0) is 0 Å². The summed E-state index contributed by atoms with van der Waals surface area (Å²) >= 11 is 3.53. The van der Waals surface area contributed by atoms with E-state index >= 15 is 0 Å². The number of rotatable bonds is 0. The maximum absolute atomic E-state index is 3.53. The zero-order chi connectivity index (χ0) is 6.85. The van der Waals surface area contributed by atoms with Gasteiger partial charge in [0.2, 0.25) is 0 Å². The summed E-state index contributed by atoms with van der Waals surface area (Å²) in [5.74, 6) is 1.66. The van der Waals surface area contributed by atoms with Crippen LogP contribution in [0.2, 0.25) is 0 Å². The van der Waals surface area contributed by atoms with E-state index < -0.39 is 0 Å². The Morgan fingerprint density at radius 2 is 2.22 bits per heavy atom. The summed E-state index contributed by atoms with van der Waals surface area (Å²) in [6, 6.07) is 0. The van der Waals surface area contributed by atoms with Crippen LogP contribution in [-0.4, -0.2) is 0 Å². The summed E-state index contributed by atoms with van der Waals surface area (Å²) in [5, 5.41) is 0. The van der Waals surface area contributed by atoms with Gasteiger partial charge in [0.25, 0.3) is 0 Å². The van der Waals surface area contributed by atoms with Gasteiger partial charge in [-0.05, 0) is 29.2 Å². The monoisotopic (exact) mass is 188 g/mol. The number of hydrogen-bond donors (Lipinski definition) is 0. The quantitative estimate of drug-likeness (QED) is 0.548. The molecule has 0 nitrogen and oxygen atoms in total. The first-order chi connectivity index (χ1) is 4.18. The van der Waals surface area contributed by atoms with E-state index in [1.165, 1.54) is 17.3 Å². The van der Waals surface area contributed by atoms with Gasteiger partial charge in [-0.15, -0.1) is 0 Å². The van der Waals surface area contributed by atoms with Gasteiger partial charge in [-0.1, -0.05) is 35.9 Å². The van der Waals surface area contributed by atoms with E-state index in [-0.39, 0.29) is 0 Å². The fourth-order valence-corrected chi connectivity index (χ4v) is 2.50. The Kier molecular flexibility index (Phi) is 2.34. The molecule has 0 N–H and O–H groups in total. The fraction of sp³-hybridized carbons (Fsp3) is 0.750. The second kappa shape index (κ2) is 2.87. The SMILES string of the molecule is CC1C=C(Br)CC(C)C1. The summed E-state index contributed by atoms with van der Waals surface area (Å²) < 4.78 is 1.40. The molecule has 0 fully saturated rings. The van der Waals surface area contributed by atoms with Crippen LogP contribution in [0.5, 0.6) is 0 Å². The van der Waals surface area contributed by atoms with Crippen LogP contribution < -0.4 is 0 Å². The van der Waals surface area contributed by atoms with Crippen molar-refractivity contribution in [1.29, 1.82) is 0 Å². The third-order valence-electron chi connectivity index (χ3n) is 1.78. The minimum absolute atomic E-state index is 0.781. The zero-order valence-electron chi connectivity index (χ0n) is 6.02. The first kappa shape index (κ1) is 7.33. The van der Waals surface area contributed by atoms with Gasteiger partial charge in [-0.2, -0.15) is 0 Å². The van der Waals surface area contributed by atoms with Crippen molar-refractivity contribution in [1.82, 2.24) is 0 Å². The molecule has 1 aliphatic rings. The highest BCUT2D eigenvalue weighted by atomic mass is 79.9. The van der Waals surface area contributed by atoms with Gasteiger partial charge in [0, 0.05) is 0 Å². The largest absolute Gasteiger partial charge is 0.0715 e. The van der Waals surface area contributed by atoms with E-state index in [1.807, 2.05) is 0 Å². The molecule has 52 valence electrons. The smallest absolute Gasteiger partial charge is 0.00839 e. The van der Waals surface area contributed by atoms with Crippen molar-refractivity contribution >= 4 is 15.9 Å². The fourth-order valence-electron chi connectivity index (χ4n) is 1.50. The predicted octanol–water partition coefficient (Wildman–Crippen LogP) is 3.33. The third-order valence-corrected chi connectivity index (χ3v) is 2.37. The highest BCUT2D eigenvalue weighted by Crippen LogP contribution is 2.30. The molecule has 0 heterocycles. The maximum Gasteiger partial charge on any atom is -0.00839 e. The van der Waals surface area contributed by atoms with Crippen molar-refractivity contribution < 1.29 is 0 Å². The van der Waals surface area contributed by atoms with Gasteiger partial charge in [-0.3, -0.25) is 0 Å². The van der Waals surface area contributed by atoms with Crippen LogP contribution in [0, 0.1) is 11.8 Å². The molecule has 9 heavy (non-hydrogen) atoms. The van der Waals surface area contributed by atoms with Crippen molar-refractivity contribution in [2.75, 3.05) is 0 Å². The number of allylic oxidation sites excluding steroid dienone is 2. The first-order valence-corrected chi connectivity index (χ1v) is 4.34. The van der Waals surface area contributed by atoms with Gasteiger partial charge in [0.15, 0.2) is 0 Å². The Labute approximate surface area is 65.5 Å². The lowest BCUT2D eigenvalue weighted by Gasteiger charge is -2.20. The van der Waals surface area contributed by atoms with E-state index in [4.69, 9.17) is 0 Å². The van der Waals surface area contributed by atoms with E-state index in [2.05, 4.69) is 35.9 Å². The van der Waals surface area contributed by atoms with Crippen molar-refractivity contribution in [2.24, 2.45) is 11.8 Å². The summed E-state index contributed by atoms with van der Waals surface area (Å²) in [6.45, 7) is 4.58. The lowest BCUT2D eigenvalue weighted by molar-refractivity contribution is 0.446. The number of halogens is 1. The highest BCUT2D eigenvalue weighted by molar-refractivity contribution is 9.11.